The van der Waals surface area contributed by atoms with E-state index in [2.05, 4.69) is 27.1 Å². The standard InChI is InChI=1S/C24H24N4O/c1-4-17-29-28-19(3)22-14-7-12-20(26-22)10-6-11-21-13-8-16-24(27-21)23-15-5-9-18(2)25-23/h1,5,7-9,12-16H,6,10-11,17H2,2-3H3/b28-19+. The molecule has 0 fully saturated rings. The summed E-state index contributed by atoms with van der Waals surface area (Å²) in [6.07, 6.45) is 7.86. The average molecular weight is 384 g/mol. The van der Waals surface area contributed by atoms with Crippen molar-refractivity contribution in [1.29, 1.82) is 0 Å². The fraction of sp³-hybridized carbons (Fsp3) is 0.250. The number of terminal acetylenes is 1. The zero-order valence-corrected chi connectivity index (χ0v) is 16.8. The van der Waals surface area contributed by atoms with Gasteiger partial charge in [0.2, 0.25) is 0 Å². The van der Waals surface area contributed by atoms with E-state index in [0.717, 1.165) is 53.4 Å². The van der Waals surface area contributed by atoms with Crippen LogP contribution in [0.2, 0.25) is 0 Å². The summed E-state index contributed by atoms with van der Waals surface area (Å²) < 4.78 is 0. The Hall–Kier alpha value is -3.52. The summed E-state index contributed by atoms with van der Waals surface area (Å²) in [5, 5.41) is 3.99. The van der Waals surface area contributed by atoms with Crippen molar-refractivity contribution in [2.24, 2.45) is 5.16 Å². The summed E-state index contributed by atoms with van der Waals surface area (Å²) in [6, 6.07) is 18.0. The molecule has 0 bridgehead atoms. The summed E-state index contributed by atoms with van der Waals surface area (Å²) >= 11 is 0. The molecule has 3 heterocycles. The molecule has 3 rings (SSSR count). The Labute approximate surface area is 171 Å². The first-order valence-corrected chi connectivity index (χ1v) is 9.62. The van der Waals surface area contributed by atoms with Crippen molar-refractivity contribution in [3.63, 3.8) is 0 Å². The van der Waals surface area contributed by atoms with Gasteiger partial charge in [-0.1, -0.05) is 29.3 Å². The van der Waals surface area contributed by atoms with Gasteiger partial charge in [0, 0.05) is 17.1 Å². The van der Waals surface area contributed by atoms with E-state index in [-0.39, 0.29) is 6.61 Å². The molecule has 5 heteroatoms. The zero-order chi connectivity index (χ0) is 20.5. The summed E-state index contributed by atoms with van der Waals surface area (Å²) in [5.74, 6) is 2.39. The molecule has 0 saturated carbocycles. The molecule has 0 spiro atoms. The van der Waals surface area contributed by atoms with Crippen LogP contribution in [0, 0.1) is 19.3 Å². The Morgan fingerprint density at radius 2 is 1.59 bits per heavy atom. The third kappa shape index (κ3) is 5.98. The number of oxime groups is 1. The second-order valence-corrected chi connectivity index (χ2v) is 6.70. The number of aryl methyl sites for hydroxylation is 3. The van der Waals surface area contributed by atoms with Crippen molar-refractivity contribution < 1.29 is 4.84 Å². The van der Waals surface area contributed by atoms with Gasteiger partial charge in [-0.3, -0.25) is 15.0 Å². The smallest absolute Gasteiger partial charge is 0.177 e. The largest absolute Gasteiger partial charge is 0.382 e. The number of pyridine rings is 3. The van der Waals surface area contributed by atoms with Gasteiger partial charge < -0.3 is 4.84 Å². The van der Waals surface area contributed by atoms with E-state index in [1.54, 1.807) is 0 Å². The van der Waals surface area contributed by atoms with Gasteiger partial charge >= 0.3 is 0 Å². The highest BCUT2D eigenvalue weighted by Gasteiger charge is 2.05. The minimum atomic E-state index is 0.154. The first-order valence-electron chi connectivity index (χ1n) is 9.62. The predicted octanol–water partition coefficient (Wildman–Crippen LogP) is 4.40. The van der Waals surface area contributed by atoms with Gasteiger partial charge in [-0.15, -0.1) is 6.42 Å². The van der Waals surface area contributed by atoms with Crippen LogP contribution in [0.3, 0.4) is 0 Å². The second-order valence-electron chi connectivity index (χ2n) is 6.70. The molecule has 5 nitrogen and oxygen atoms in total. The molecular formula is C24H24N4O. The van der Waals surface area contributed by atoms with Crippen LogP contribution in [-0.2, 0) is 17.7 Å². The Balaban J connectivity index is 1.61. The van der Waals surface area contributed by atoms with E-state index in [0.29, 0.717) is 5.71 Å². The fourth-order valence-electron chi connectivity index (χ4n) is 2.93. The van der Waals surface area contributed by atoms with Gasteiger partial charge in [-0.05, 0) is 69.5 Å². The first-order chi connectivity index (χ1) is 14.2. The summed E-state index contributed by atoms with van der Waals surface area (Å²) in [5.41, 5.74) is 6.39. The number of nitrogens with zero attached hydrogens (tertiary/aromatic N) is 4. The van der Waals surface area contributed by atoms with Crippen LogP contribution in [0.25, 0.3) is 11.4 Å². The number of aromatic nitrogens is 3. The molecule has 3 aromatic heterocycles. The van der Waals surface area contributed by atoms with Crippen molar-refractivity contribution in [3.05, 3.63) is 77.4 Å². The van der Waals surface area contributed by atoms with Crippen LogP contribution < -0.4 is 0 Å². The summed E-state index contributed by atoms with van der Waals surface area (Å²) in [4.78, 5) is 19.0. The minimum Gasteiger partial charge on any atom is -0.382 e. The molecule has 0 amide bonds. The van der Waals surface area contributed by atoms with Crippen molar-refractivity contribution in [2.45, 2.75) is 33.1 Å². The molecule has 0 aliphatic heterocycles. The molecule has 29 heavy (non-hydrogen) atoms. The van der Waals surface area contributed by atoms with Gasteiger partial charge in [0.1, 0.15) is 5.71 Å². The van der Waals surface area contributed by atoms with Crippen LogP contribution in [0.5, 0.6) is 0 Å². The van der Waals surface area contributed by atoms with Gasteiger partial charge in [0.15, 0.2) is 6.61 Å². The maximum atomic E-state index is 5.16. The highest BCUT2D eigenvalue weighted by Crippen LogP contribution is 2.16. The first kappa shape index (κ1) is 20.2. The van der Waals surface area contributed by atoms with Crippen molar-refractivity contribution >= 4 is 5.71 Å². The molecule has 0 N–H and O–H groups in total. The predicted molar refractivity (Wildman–Crippen MR) is 115 cm³/mol. The quantitative estimate of drug-likeness (QED) is 0.250. The Kier molecular flexibility index (Phi) is 7.07. The van der Waals surface area contributed by atoms with E-state index in [4.69, 9.17) is 16.2 Å². The monoisotopic (exact) mass is 384 g/mol. The highest BCUT2D eigenvalue weighted by molar-refractivity contribution is 5.96. The van der Waals surface area contributed by atoms with E-state index in [1.165, 1.54) is 0 Å². The van der Waals surface area contributed by atoms with Crippen LogP contribution in [0.1, 0.15) is 36.1 Å². The SMILES string of the molecule is C#CCO/N=C(\C)c1cccc(CCCc2cccc(-c3cccc(C)n3)n2)n1. The number of hydrogen-bond donors (Lipinski definition) is 0. The lowest BCUT2D eigenvalue weighted by Gasteiger charge is -2.06. The topological polar surface area (TPSA) is 60.3 Å². The maximum absolute atomic E-state index is 5.16. The zero-order valence-electron chi connectivity index (χ0n) is 16.8. The molecule has 0 atom stereocenters. The molecule has 0 unspecified atom stereocenters. The lowest BCUT2D eigenvalue weighted by molar-refractivity contribution is 0.180. The van der Waals surface area contributed by atoms with Crippen molar-refractivity contribution in [1.82, 2.24) is 15.0 Å². The van der Waals surface area contributed by atoms with Crippen LogP contribution in [0.15, 0.2) is 59.8 Å². The summed E-state index contributed by atoms with van der Waals surface area (Å²) in [6.45, 7) is 4.00. The second kappa shape index (κ2) is 10.1. The third-order valence-corrected chi connectivity index (χ3v) is 4.35. The average Bonchev–Trinajstić information content (AvgIpc) is 2.74. The van der Waals surface area contributed by atoms with E-state index >= 15 is 0 Å². The molecule has 0 radical (unpaired) electrons. The van der Waals surface area contributed by atoms with Gasteiger partial charge in [-0.25, -0.2) is 0 Å². The Bertz CT molecular complexity index is 1040. The van der Waals surface area contributed by atoms with E-state index in [9.17, 15) is 0 Å². The number of rotatable bonds is 8. The molecule has 3 aromatic rings. The maximum Gasteiger partial charge on any atom is 0.177 e. The Morgan fingerprint density at radius 3 is 2.31 bits per heavy atom. The van der Waals surface area contributed by atoms with Crippen molar-refractivity contribution in [2.75, 3.05) is 6.61 Å². The number of hydrogen-bond acceptors (Lipinski definition) is 5. The molecular weight excluding hydrogens is 360 g/mol. The summed E-state index contributed by atoms with van der Waals surface area (Å²) in [7, 11) is 0. The van der Waals surface area contributed by atoms with Crippen LogP contribution >= 0.6 is 0 Å². The lowest BCUT2D eigenvalue weighted by atomic mass is 10.1. The Morgan fingerprint density at radius 1 is 0.931 bits per heavy atom. The normalized spacial score (nSPS) is 11.1. The van der Waals surface area contributed by atoms with Crippen molar-refractivity contribution in [3.8, 4) is 23.7 Å². The van der Waals surface area contributed by atoms with E-state index < -0.39 is 0 Å². The van der Waals surface area contributed by atoms with Gasteiger partial charge in [-0.2, -0.15) is 0 Å². The molecule has 0 aromatic carbocycles. The third-order valence-electron chi connectivity index (χ3n) is 4.35. The van der Waals surface area contributed by atoms with Gasteiger partial charge in [0.25, 0.3) is 0 Å². The molecule has 0 aliphatic rings. The van der Waals surface area contributed by atoms with E-state index in [1.807, 2.05) is 62.4 Å². The lowest BCUT2D eigenvalue weighted by Crippen LogP contribution is -2.03. The fourth-order valence-corrected chi connectivity index (χ4v) is 2.93. The van der Waals surface area contributed by atoms with Crippen LogP contribution in [-0.4, -0.2) is 27.3 Å². The molecule has 146 valence electrons. The van der Waals surface area contributed by atoms with Gasteiger partial charge in [0.05, 0.1) is 17.1 Å². The van der Waals surface area contributed by atoms with Crippen LogP contribution in [0.4, 0.5) is 0 Å². The molecule has 0 saturated heterocycles. The molecule has 0 aliphatic carbocycles. The minimum absolute atomic E-state index is 0.154. The highest BCUT2D eigenvalue weighted by atomic mass is 16.6.